The van der Waals surface area contributed by atoms with E-state index in [-0.39, 0.29) is 0 Å². The number of hydrogen-bond donors (Lipinski definition) is 1. The molecule has 0 unspecified atom stereocenters. The molecule has 1 fully saturated rings. The fourth-order valence-corrected chi connectivity index (χ4v) is 3.20. The first-order valence-electron chi connectivity index (χ1n) is 7.67. The predicted molar refractivity (Wildman–Crippen MR) is 82.5 cm³/mol. The topological polar surface area (TPSA) is 15.3 Å². The lowest BCUT2D eigenvalue weighted by molar-refractivity contribution is 0.123. The van der Waals surface area contributed by atoms with Gasteiger partial charge >= 0.3 is 0 Å². The Morgan fingerprint density at radius 2 is 1.84 bits per heavy atom. The van der Waals surface area contributed by atoms with Crippen molar-refractivity contribution in [2.75, 3.05) is 33.2 Å². The number of hydrogen-bond acceptors (Lipinski definition) is 2. The van der Waals surface area contributed by atoms with Crippen molar-refractivity contribution >= 4 is 0 Å². The molecule has 1 heterocycles. The van der Waals surface area contributed by atoms with E-state index in [2.05, 4.69) is 54.5 Å². The summed E-state index contributed by atoms with van der Waals surface area (Å²) in [5.74, 6) is 0. The van der Waals surface area contributed by atoms with Crippen molar-refractivity contribution in [2.45, 2.75) is 32.6 Å². The molecule has 1 aliphatic heterocycles. The third-order valence-electron chi connectivity index (χ3n) is 4.64. The summed E-state index contributed by atoms with van der Waals surface area (Å²) in [7, 11) is 2.28. The number of rotatable bonds is 6. The van der Waals surface area contributed by atoms with Gasteiger partial charge in [-0.25, -0.2) is 0 Å². The van der Waals surface area contributed by atoms with Gasteiger partial charge < -0.3 is 10.2 Å². The number of nitrogens with one attached hydrogen (secondary N) is 1. The van der Waals surface area contributed by atoms with E-state index < -0.39 is 0 Å². The van der Waals surface area contributed by atoms with Crippen LogP contribution in [0.2, 0.25) is 0 Å². The molecular weight excluding hydrogens is 232 g/mol. The molecule has 106 valence electrons. The molecule has 0 atom stereocenters. The van der Waals surface area contributed by atoms with Crippen LogP contribution in [0.4, 0.5) is 0 Å². The highest BCUT2D eigenvalue weighted by molar-refractivity contribution is 5.14. The molecule has 0 aliphatic carbocycles. The number of piperidine rings is 1. The van der Waals surface area contributed by atoms with E-state index >= 15 is 0 Å². The van der Waals surface area contributed by atoms with E-state index in [1.165, 1.54) is 51.0 Å². The van der Waals surface area contributed by atoms with Gasteiger partial charge in [-0.2, -0.15) is 0 Å². The summed E-state index contributed by atoms with van der Waals surface area (Å²) in [6, 6.07) is 10.8. The summed E-state index contributed by atoms with van der Waals surface area (Å²) in [5, 5.41) is 3.49. The Bertz CT molecular complexity index is 355. The van der Waals surface area contributed by atoms with E-state index in [1.54, 1.807) is 0 Å². The number of benzene rings is 1. The Kier molecular flexibility index (Phi) is 5.41. The minimum atomic E-state index is 0.552. The van der Waals surface area contributed by atoms with E-state index in [0.717, 1.165) is 6.42 Å². The molecule has 1 aliphatic rings. The summed E-state index contributed by atoms with van der Waals surface area (Å²) in [6.07, 6.45) is 5.14. The zero-order chi connectivity index (χ0) is 13.6. The normalized spacial score (nSPS) is 18.7. The van der Waals surface area contributed by atoms with E-state index in [0.29, 0.717) is 5.41 Å². The minimum absolute atomic E-state index is 0.552. The van der Waals surface area contributed by atoms with E-state index in [9.17, 15) is 0 Å². The van der Waals surface area contributed by atoms with Crippen molar-refractivity contribution in [3.8, 4) is 0 Å². The van der Waals surface area contributed by atoms with Crippen molar-refractivity contribution in [1.82, 2.24) is 10.2 Å². The smallest absolute Gasteiger partial charge is 0.00359 e. The maximum absolute atomic E-state index is 3.49. The molecule has 19 heavy (non-hydrogen) atoms. The molecular formula is C17H28N2. The molecule has 2 nitrogen and oxygen atoms in total. The van der Waals surface area contributed by atoms with Crippen LogP contribution in [0.5, 0.6) is 0 Å². The Hall–Kier alpha value is -0.860. The Morgan fingerprint density at radius 1 is 1.16 bits per heavy atom. The third kappa shape index (κ3) is 4.32. The second kappa shape index (κ2) is 7.06. The lowest BCUT2D eigenvalue weighted by Crippen LogP contribution is -2.43. The maximum atomic E-state index is 3.49. The lowest BCUT2D eigenvalue weighted by atomic mass is 9.76. The van der Waals surface area contributed by atoms with Crippen LogP contribution in [0.1, 0.15) is 31.7 Å². The standard InChI is InChI=1S/C17H28N2/c1-3-17(10-12-18-13-11-17)15-19(2)14-9-16-7-5-4-6-8-16/h4-8,18H,3,9-15H2,1-2H3. The van der Waals surface area contributed by atoms with Gasteiger partial charge in [0.1, 0.15) is 0 Å². The summed E-state index contributed by atoms with van der Waals surface area (Å²) >= 11 is 0. The average molecular weight is 260 g/mol. The van der Waals surface area contributed by atoms with Crippen molar-refractivity contribution in [3.05, 3.63) is 35.9 Å². The molecule has 2 heteroatoms. The van der Waals surface area contributed by atoms with Crippen molar-refractivity contribution < 1.29 is 0 Å². The molecule has 0 amide bonds. The molecule has 0 aromatic heterocycles. The summed E-state index contributed by atoms with van der Waals surface area (Å²) in [6.45, 7) is 7.16. The van der Waals surface area contributed by atoms with Crippen LogP contribution in [0, 0.1) is 5.41 Å². The summed E-state index contributed by atoms with van der Waals surface area (Å²) in [5.41, 5.74) is 2.00. The Balaban J connectivity index is 1.81. The fourth-order valence-electron chi connectivity index (χ4n) is 3.20. The van der Waals surface area contributed by atoms with Crippen LogP contribution in [0.25, 0.3) is 0 Å². The first-order valence-corrected chi connectivity index (χ1v) is 7.67. The van der Waals surface area contributed by atoms with Crippen LogP contribution in [-0.4, -0.2) is 38.1 Å². The highest BCUT2D eigenvalue weighted by atomic mass is 15.1. The molecule has 2 rings (SSSR count). The van der Waals surface area contributed by atoms with Gasteiger partial charge in [-0.15, -0.1) is 0 Å². The minimum Gasteiger partial charge on any atom is -0.317 e. The van der Waals surface area contributed by atoms with Gasteiger partial charge in [0, 0.05) is 13.1 Å². The van der Waals surface area contributed by atoms with Crippen LogP contribution >= 0.6 is 0 Å². The molecule has 0 bridgehead atoms. The fraction of sp³-hybridized carbons (Fsp3) is 0.647. The zero-order valence-electron chi connectivity index (χ0n) is 12.5. The predicted octanol–water partition coefficient (Wildman–Crippen LogP) is 2.94. The van der Waals surface area contributed by atoms with Crippen LogP contribution in [0.3, 0.4) is 0 Å². The second-order valence-corrected chi connectivity index (χ2v) is 6.08. The number of likely N-dealkylation sites (N-methyl/N-ethyl adjacent to an activating group) is 1. The first kappa shape index (κ1) is 14.5. The molecule has 1 aromatic rings. The van der Waals surface area contributed by atoms with Crippen LogP contribution < -0.4 is 5.32 Å². The quantitative estimate of drug-likeness (QED) is 0.846. The maximum Gasteiger partial charge on any atom is 0.00359 e. The molecule has 1 N–H and O–H groups in total. The molecule has 0 saturated carbocycles. The van der Waals surface area contributed by atoms with Crippen LogP contribution in [0.15, 0.2) is 30.3 Å². The van der Waals surface area contributed by atoms with Crippen LogP contribution in [-0.2, 0) is 6.42 Å². The van der Waals surface area contributed by atoms with Gasteiger partial charge in [0.05, 0.1) is 0 Å². The molecule has 1 saturated heterocycles. The largest absolute Gasteiger partial charge is 0.317 e. The monoisotopic (exact) mass is 260 g/mol. The molecule has 0 radical (unpaired) electrons. The highest BCUT2D eigenvalue weighted by Gasteiger charge is 2.30. The van der Waals surface area contributed by atoms with Gasteiger partial charge in [-0.05, 0) is 56.8 Å². The number of nitrogens with zero attached hydrogens (tertiary/aromatic N) is 1. The Morgan fingerprint density at radius 3 is 2.47 bits per heavy atom. The van der Waals surface area contributed by atoms with E-state index in [4.69, 9.17) is 0 Å². The van der Waals surface area contributed by atoms with E-state index in [1.807, 2.05) is 0 Å². The summed E-state index contributed by atoms with van der Waals surface area (Å²) in [4.78, 5) is 2.53. The molecule has 1 aromatic carbocycles. The molecule has 0 spiro atoms. The van der Waals surface area contributed by atoms with Crippen molar-refractivity contribution in [1.29, 1.82) is 0 Å². The van der Waals surface area contributed by atoms with Crippen molar-refractivity contribution in [3.63, 3.8) is 0 Å². The zero-order valence-corrected chi connectivity index (χ0v) is 12.5. The second-order valence-electron chi connectivity index (χ2n) is 6.08. The van der Waals surface area contributed by atoms with Gasteiger partial charge in [0.25, 0.3) is 0 Å². The first-order chi connectivity index (χ1) is 9.24. The SMILES string of the molecule is CCC1(CN(C)CCc2ccccc2)CCNCC1. The highest BCUT2D eigenvalue weighted by Crippen LogP contribution is 2.33. The van der Waals surface area contributed by atoms with Gasteiger partial charge in [0.15, 0.2) is 0 Å². The Labute approximate surface area is 118 Å². The lowest BCUT2D eigenvalue weighted by Gasteiger charge is -2.40. The summed E-state index contributed by atoms with van der Waals surface area (Å²) < 4.78 is 0. The van der Waals surface area contributed by atoms with Gasteiger partial charge in [-0.1, -0.05) is 37.3 Å². The van der Waals surface area contributed by atoms with Gasteiger partial charge in [-0.3, -0.25) is 0 Å². The van der Waals surface area contributed by atoms with Gasteiger partial charge in [0.2, 0.25) is 0 Å². The van der Waals surface area contributed by atoms with Crippen molar-refractivity contribution in [2.24, 2.45) is 5.41 Å². The average Bonchev–Trinajstić information content (AvgIpc) is 2.47. The third-order valence-corrected chi connectivity index (χ3v) is 4.64.